The van der Waals surface area contributed by atoms with Gasteiger partial charge in [0, 0.05) is 38.8 Å². The molecule has 1 rings (SSSR count). The van der Waals surface area contributed by atoms with Crippen LogP contribution in [0.1, 0.15) is 19.3 Å². The Morgan fingerprint density at radius 1 is 1.58 bits per heavy atom. The van der Waals surface area contributed by atoms with E-state index in [4.69, 9.17) is 10.5 Å². The molecule has 19 heavy (non-hydrogen) atoms. The van der Waals surface area contributed by atoms with E-state index >= 15 is 0 Å². The van der Waals surface area contributed by atoms with Crippen molar-refractivity contribution in [2.45, 2.75) is 19.3 Å². The normalized spacial score (nSPS) is 21.3. The summed E-state index contributed by atoms with van der Waals surface area (Å²) in [5.41, 5.74) is 5.69. The molecule has 0 amide bonds. The van der Waals surface area contributed by atoms with Gasteiger partial charge < -0.3 is 15.0 Å². The van der Waals surface area contributed by atoms with Crippen LogP contribution in [0.5, 0.6) is 0 Å². The van der Waals surface area contributed by atoms with E-state index in [2.05, 4.69) is 11.7 Å². The van der Waals surface area contributed by atoms with Gasteiger partial charge in [-0.2, -0.15) is 0 Å². The Bertz CT molecular complexity index is 293. The van der Waals surface area contributed by atoms with E-state index in [1.54, 1.807) is 6.20 Å². The van der Waals surface area contributed by atoms with Crippen LogP contribution < -0.4 is 5.73 Å². The molecule has 0 radical (unpaired) electrons. The molecule has 6 nitrogen and oxygen atoms in total. The molecule has 0 bridgehead atoms. The summed E-state index contributed by atoms with van der Waals surface area (Å²) >= 11 is 0.665. The lowest BCUT2D eigenvalue weighted by atomic mass is 10.0. The number of hydrogen-bond donors (Lipinski definition) is 2. The molecule has 1 heterocycles. The first-order chi connectivity index (χ1) is 9.22. The standard InChI is InChI=1S/C12H24N4O2S/c1-14-8-12(19-17)16(15(2)10-13)9-11-4-3-6-18-7-5-11/h8,11,17H,1,3-7,9-10,13H2,2H3/b12-8+. The molecule has 3 N–H and O–H groups in total. The molecule has 1 fully saturated rings. The van der Waals surface area contributed by atoms with Crippen molar-refractivity contribution >= 4 is 18.8 Å². The molecular weight excluding hydrogens is 264 g/mol. The molecule has 0 aromatic heterocycles. The number of rotatable bonds is 7. The topological polar surface area (TPSA) is 74.3 Å². The predicted octanol–water partition coefficient (Wildman–Crippen LogP) is 1.57. The van der Waals surface area contributed by atoms with Crippen molar-refractivity contribution in [1.82, 2.24) is 10.0 Å². The highest BCUT2D eigenvalue weighted by atomic mass is 32.2. The van der Waals surface area contributed by atoms with Gasteiger partial charge >= 0.3 is 0 Å². The SMILES string of the molecule is C=N/C=C(/SO)N(CC1CCCOCC1)N(C)CN. The van der Waals surface area contributed by atoms with Gasteiger partial charge in [-0.15, -0.1) is 0 Å². The quantitative estimate of drug-likeness (QED) is 0.321. The van der Waals surface area contributed by atoms with Crippen LogP contribution in [-0.2, 0) is 4.74 Å². The van der Waals surface area contributed by atoms with E-state index in [0.717, 1.165) is 39.0 Å². The minimum Gasteiger partial charge on any atom is -0.381 e. The summed E-state index contributed by atoms with van der Waals surface area (Å²) in [7, 11) is 1.89. The maximum atomic E-state index is 9.38. The lowest BCUT2D eigenvalue weighted by Crippen LogP contribution is -2.44. The Morgan fingerprint density at radius 2 is 2.37 bits per heavy atom. The van der Waals surface area contributed by atoms with Gasteiger partial charge in [-0.25, -0.2) is 5.01 Å². The van der Waals surface area contributed by atoms with Crippen LogP contribution in [-0.4, -0.2) is 54.8 Å². The average molecular weight is 288 g/mol. The van der Waals surface area contributed by atoms with Gasteiger partial charge in [0.2, 0.25) is 0 Å². The zero-order chi connectivity index (χ0) is 14.1. The maximum Gasteiger partial charge on any atom is 0.131 e. The fourth-order valence-electron chi connectivity index (χ4n) is 2.11. The van der Waals surface area contributed by atoms with E-state index in [0.29, 0.717) is 29.7 Å². The summed E-state index contributed by atoms with van der Waals surface area (Å²) in [5, 5.41) is 4.45. The number of hydrogen-bond acceptors (Lipinski definition) is 7. The largest absolute Gasteiger partial charge is 0.381 e. The van der Waals surface area contributed by atoms with Crippen molar-refractivity contribution in [2.24, 2.45) is 16.6 Å². The Kier molecular flexibility index (Phi) is 8.08. The summed E-state index contributed by atoms with van der Waals surface area (Å²) in [6, 6.07) is 0. The highest BCUT2D eigenvalue weighted by Crippen LogP contribution is 2.24. The molecule has 1 saturated heterocycles. The lowest BCUT2D eigenvalue weighted by molar-refractivity contribution is 0.0294. The fraction of sp³-hybridized carbons (Fsp3) is 0.750. The maximum absolute atomic E-state index is 9.38. The number of aliphatic imine (C=N–C) groups is 1. The molecule has 1 atom stereocenters. The summed E-state index contributed by atoms with van der Waals surface area (Å²) in [6.07, 6.45) is 4.78. The molecule has 0 aromatic carbocycles. The highest BCUT2D eigenvalue weighted by molar-refractivity contribution is 7.97. The zero-order valence-electron chi connectivity index (χ0n) is 11.5. The van der Waals surface area contributed by atoms with Gasteiger partial charge in [-0.1, -0.05) is 0 Å². The van der Waals surface area contributed by atoms with Crippen molar-refractivity contribution in [1.29, 1.82) is 0 Å². The Labute approximate surface area is 119 Å². The molecule has 1 aliphatic heterocycles. The first-order valence-electron chi connectivity index (χ1n) is 6.46. The smallest absolute Gasteiger partial charge is 0.131 e. The minimum absolute atomic E-state index is 0.373. The van der Waals surface area contributed by atoms with Crippen LogP contribution in [0.25, 0.3) is 0 Å². The van der Waals surface area contributed by atoms with Crippen molar-refractivity contribution in [3.8, 4) is 0 Å². The van der Waals surface area contributed by atoms with Gasteiger partial charge in [0.1, 0.15) is 5.03 Å². The minimum atomic E-state index is 0.373. The van der Waals surface area contributed by atoms with Crippen LogP contribution in [0.2, 0.25) is 0 Å². The molecule has 1 unspecified atom stereocenters. The molecular formula is C12H24N4O2S. The number of ether oxygens (including phenoxy) is 1. The van der Waals surface area contributed by atoms with E-state index in [1.807, 2.05) is 17.1 Å². The Balaban J connectivity index is 2.72. The van der Waals surface area contributed by atoms with Crippen LogP contribution in [0.3, 0.4) is 0 Å². The molecule has 0 aromatic rings. The molecule has 0 spiro atoms. The van der Waals surface area contributed by atoms with Crippen molar-refractivity contribution < 1.29 is 9.29 Å². The van der Waals surface area contributed by atoms with Crippen molar-refractivity contribution in [3.63, 3.8) is 0 Å². The van der Waals surface area contributed by atoms with Gasteiger partial charge in [-0.05, 0) is 31.9 Å². The van der Waals surface area contributed by atoms with Crippen LogP contribution >= 0.6 is 12.0 Å². The molecule has 1 aliphatic rings. The molecule has 7 heteroatoms. The second kappa shape index (κ2) is 9.33. The third-order valence-electron chi connectivity index (χ3n) is 3.23. The number of nitrogens with zero attached hydrogens (tertiary/aromatic N) is 3. The van der Waals surface area contributed by atoms with Crippen molar-refractivity contribution in [3.05, 3.63) is 11.2 Å². The second-order valence-electron chi connectivity index (χ2n) is 4.57. The molecule has 0 saturated carbocycles. The first-order valence-corrected chi connectivity index (χ1v) is 7.24. The van der Waals surface area contributed by atoms with E-state index in [1.165, 1.54) is 0 Å². The first kappa shape index (κ1) is 16.5. The second-order valence-corrected chi connectivity index (χ2v) is 5.17. The molecule has 110 valence electrons. The Morgan fingerprint density at radius 3 is 3.00 bits per heavy atom. The van der Waals surface area contributed by atoms with Gasteiger partial charge in [0.15, 0.2) is 0 Å². The summed E-state index contributed by atoms with van der Waals surface area (Å²) in [4.78, 5) is 3.73. The lowest BCUT2D eigenvalue weighted by Gasteiger charge is -2.35. The fourth-order valence-corrected chi connectivity index (χ4v) is 2.54. The van der Waals surface area contributed by atoms with Crippen molar-refractivity contribution in [2.75, 3.05) is 33.5 Å². The summed E-state index contributed by atoms with van der Waals surface area (Å²) < 4.78 is 14.9. The third kappa shape index (κ3) is 5.50. The molecule has 0 aliphatic carbocycles. The third-order valence-corrected chi connectivity index (χ3v) is 3.73. The van der Waals surface area contributed by atoms with E-state index in [-0.39, 0.29) is 0 Å². The summed E-state index contributed by atoms with van der Waals surface area (Å²) in [6.45, 7) is 6.25. The van der Waals surface area contributed by atoms with E-state index < -0.39 is 0 Å². The highest BCUT2D eigenvalue weighted by Gasteiger charge is 2.21. The number of nitrogens with two attached hydrogens (primary N) is 1. The average Bonchev–Trinajstić information content (AvgIpc) is 2.70. The van der Waals surface area contributed by atoms with Crippen LogP contribution in [0.15, 0.2) is 16.2 Å². The van der Waals surface area contributed by atoms with Gasteiger partial charge in [-0.3, -0.25) is 10.0 Å². The van der Waals surface area contributed by atoms with E-state index in [9.17, 15) is 4.55 Å². The van der Waals surface area contributed by atoms with Crippen LogP contribution in [0.4, 0.5) is 0 Å². The van der Waals surface area contributed by atoms with Gasteiger partial charge in [0.05, 0.1) is 12.9 Å². The zero-order valence-corrected chi connectivity index (χ0v) is 12.3. The predicted molar refractivity (Wildman–Crippen MR) is 79.5 cm³/mol. The number of hydrazine groups is 1. The Hall–Kier alpha value is -0.600. The van der Waals surface area contributed by atoms with Crippen LogP contribution in [0, 0.1) is 5.92 Å². The van der Waals surface area contributed by atoms with Gasteiger partial charge in [0.25, 0.3) is 0 Å². The monoisotopic (exact) mass is 288 g/mol. The summed E-state index contributed by atoms with van der Waals surface area (Å²) in [5.74, 6) is 0.525.